The number of carbonyl (C=O) groups is 1. The smallest absolute Gasteiger partial charge is 0.450 e. The Morgan fingerprint density at radius 2 is 1.75 bits per heavy atom. The van der Waals surface area contributed by atoms with E-state index in [9.17, 15) is 0 Å². The van der Waals surface area contributed by atoms with Crippen LogP contribution in [0.4, 0.5) is 4.79 Å². The molecular formula is C8H19NO3. The molecule has 0 aliphatic rings. The molecule has 0 aromatic rings. The lowest BCUT2D eigenvalue weighted by Crippen LogP contribution is -2.06. The maximum Gasteiger partial charge on any atom is 0.503 e. The SMILES string of the molecule is CCCCCCNC.O=C(O)O. The number of carboxylic acid groups (broad SMARTS) is 2. The molecule has 0 aliphatic carbocycles. The summed E-state index contributed by atoms with van der Waals surface area (Å²) in [4.78, 5) is 8.56. The molecule has 0 aromatic heterocycles. The largest absolute Gasteiger partial charge is 0.503 e. The van der Waals surface area contributed by atoms with Gasteiger partial charge in [-0.25, -0.2) is 4.79 Å². The van der Waals surface area contributed by atoms with Gasteiger partial charge < -0.3 is 15.5 Å². The molecular weight excluding hydrogens is 158 g/mol. The molecule has 0 fully saturated rings. The van der Waals surface area contributed by atoms with Crippen molar-refractivity contribution in [2.75, 3.05) is 13.6 Å². The predicted octanol–water partition coefficient (Wildman–Crippen LogP) is 2.01. The van der Waals surface area contributed by atoms with Crippen LogP contribution in [0.5, 0.6) is 0 Å². The van der Waals surface area contributed by atoms with Crippen molar-refractivity contribution in [2.45, 2.75) is 32.6 Å². The Bertz CT molecular complexity index is 86.3. The van der Waals surface area contributed by atoms with Crippen LogP contribution in [0.1, 0.15) is 32.6 Å². The van der Waals surface area contributed by atoms with Gasteiger partial charge in [0, 0.05) is 0 Å². The van der Waals surface area contributed by atoms with E-state index in [4.69, 9.17) is 15.0 Å². The summed E-state index contributed by atoms with van der Waals surface area (Å²) >= 11 is 0. The van der Waals surface area contributed by atoms with Crippen LogP contribution in [0.2, 0.25) is 0 Å². The van der Waals surface area contributed by atoms with Crippen LogP contribution < -0.4 is 5.32 Å². The van der Waals surface area contributed by atoms with Gasteiger partial charge in [0.15, 0.2) is 0 Å². The van der Waals surface area contributed by atoms with Crippen LogP contribution >= 0.6 is 0 Å². The second-order valence-corrected chi connectivity index (χ2v) is 2.45. The fraction of sp³-hybridized carbons (Fsp3) is 0.875. The van der Waals surface area contributed by atoms with Gasteiger partial charge in [-0.05, 0) is 20.0 Å². The summed E-state index contributed by atoms with van der Waals surface area (Å²) in [6.45, 7) is 3.42. The molecule has 0 heterocycles. The van der Waals surface area contributed by atoms with Crippen LogP contribution in [-0.2, 0) is 0 Å². The normalized spacial score (nSPS) is 8.50. The number of hydrogen-bond acceptors (Lipinski definition) is 2. The Labute approximate surface area is 73.6 Å². The molecule has 0 saturated carbocycles. The van der Waals surface area contributed by atoms with E-state index >= 15 is 0 Å². The summed E-state index contributed by atoms with van der Waals surface area (Å²) in [5.41, 5.74) is 0. The summed E-state index contributed by atoms with van der Waals surface area (Å²) in [6, 6.07) is 0. The van der Waals surface area contributed by atoms with E-state index in [1.165, 1.54) is 32.2 Å². The highest BCUT2D eigenvalue weighted by molar-refractivity contribution is 5.53. The van der Waals surface area contributed by atoms with Gasteiger partial charge >= 0.3 is 6.16 Å². The Morgan fingerprint density at radius 1 is 1.25 bits per heavy atom. The quantitative estimate of drug-likeness (QED) is 0.562. The van der Waals surface area contributed by atoms with Crippen molar-refractivity contribution in [3.63, 3.8) is 0 Å². The van der Waals surface area contributed by atoms with Gasteiger partial charge in [0.2, 0.25) is 0 Å². The third-order valence-corrected chi connectivity index (χ3v) is 1.28. The minimum atomic E-state index is -1.83. The standard InChI is InChI=1S/C7H17N.CH2O3/c1-3-4-5-6-7-8-2;2-1(3)4/h8H,3-7H2,1-2H3;(H2,2,3,4). The van der Waals surface area contributed by atoms with E-state index in [0.717, 1.165) is 0 Å². The van der Waals surface area contributed by atoms with Crippen molar-refractivity contribution in [2.24, 2.45) is 0 Å². The van der Waals surface area contributed by atoms with E-state index in [0.29, 0.717) is 0 Å². The highest BCUT2D eigenvalue weighted by Crippen LogP contribution is 1.96. The average Bonchev–Trinajstić information content (AvgIpc) is 1.97. The third kappa shape index (κ3) is 34.9. The van der Waals surface area contributed by atoms with Crippen LogP contribution in [0.25, 0.3) is 0 Å². The Hall–Kier alpha value is -0.770. The Balaban J connectivity index is 0. The van der Waals surface area contributed by atoms with Gasteiger partial charge in [-0.15, -0.1) is 0 Å². The van der Waals surface area contributed by atoms with Crippen LogP contribution in [0, 0.1) is 0 Å². The lowest BCUT2D eigenvalue weighted by Gasteiger charge is -1.95. The molecule has 0 unspecified atom stereocenters. The minimum Gasteiger partial charge on any atom is -0.450 e. The van der Waals surface area contributed by atoms with Gasteiger partial charge in [0.05, 0.1) is 0 Å². The first-order valence-electron chi connectivity index (χ1n) is 4.21. The molecule has 0 amide bonds. The van der Waals surface area contributed by atoms with E-state index in [2.05, 4.69) is 12.2 Å². The molecule has 0 aromatic carbocycles. The zero-order valence-electron chi connectivity index (χ0n) is 7.84. The van der Waals surface area contributed by atoms with Crippen LogP contribution in [0.15, 0.2) is 0 Å². The predicted molar refractivity (Wildman–Crippen MR) is 48.7 cm³/mol. The lowest BCUT2D eigenvalue weighted by atomic mass is 10.2. The highest BCUT2D eigenvalue weighted by Gasteiger charge is 1.82. The summed E-state index contributed by atoms with van der Waals surface area (Å²) in [7, 11) is 2.01. The molecule has 0 aliphatic heterocycles. The van der Waals surface area contributed by atoms with E-state index in [1.807, 2.05) is 7.05 Å². The lowest BCUT2D eigenvalue weighted by molar-refractivity contribution is 0.137. The first kappa shape index (κ1) is 13.8. The molecule has 0 bridgehead atoms. The van der Waals surface area contributed by atoms with Crippen LogP contribution in [-0.4, -0.2) is 30.0 Å². The van der Waals surface area contributed by atoms with Crippen molar-refractivity contribution in [3.05, 3.63) is 0 Å². The van der Waals surface area contributed by atoms with Crippen molar-refractivity contribution < 1.29 is 15.0 Å². The maximum atomic E-state index is 8.56. The number of rotatable bonds is 5. The van der Waals surface area contributed by atoms with Gasteiger partial charge in [-0.2, -0.15) is 0 Å². The first-order valence-corrected chi connectivity index (χ1v) is 4.21. The highest BCUT2D eigenvalue weighted by atomic mass is 16.6. The Morgan fingerprint density at radius 3 is 2.08 bits per heavy atom. The summed E-state index contributed by atoms with van der Waals surface area (Å²) in [5, 5.41) is 17.1. The molecule has 3 N–H and O–H groups in total. The molecule has 4 nitrogen and oxygen atoms in total. The number of nitrogens with one attached hydrogen (secondary N) is 1. The van der Waals surface area contributed by atoms with Gasteiger partial charge in [0.25, 0.3) is 0 Å². The molecule has 0 radical (unpaired) electrons. The first-order chi connectivity index (χ1) is 5.65. The van der Waals surface area contributed by atoms with Crippen molar-refractivity contribution in [1.82, 2.24) is 5.32 Å². The fourth-order valence-corrected chi connectivity index (χ4v) is 0.729. The summed E-state index contributed by atoms with van der Waals surface area (Å²) in [5.74, 6) is 0. The second-order valence-electron chi connectivity index (χ2n) is 2.45. The minimum absolute atomic E-state index is 1.18. The number of hydrogen-bond donors (Lipinski definition) is 3. The summed E-state index contributed by atoms with van der Waals surface area (Å²) in [6.07, 6.45) is 3.62. The van der Waals surface area contributed by atoms with E-state index in [1.54, 1.807) is 0 Å². The Kier molecular flexibility index (Phi) is 14.8. The zero-order chi connectivity index (χ0) is 9.82. The fourth-order valence-electron chi connectivity index (χ4n) is 0.729. The molecule has 4 heteroatoms. The zero-order valence-corrected chi connectivity index (χ0v) is 7.84. The monoisotopic (exact) mass is 177 g/mol. The summed E-state index contributed by atoms with van der Waals surface area (Å²) < 4.78 is 0. The van der Waals surface area contributed by atoms with Crippen molar-refractivity contribution in [3.8, 4) is 0 Å². The van der Waals surface area contributed by atoms with Crippen molar-refractivity contribution in [1.29, 1.82) is 0 Å². The topological polar surface area (TPSA) is 69.6 Å². The maximum absolute atomic E-state index is 8.56. The van der Waals surface area contributed by atoms with Crippen molar-refractivity contribution >= 4 is 6.16 Å². The molecule has 0 spiro atoms. The molecule has 0 rings (SSSR count). The van der Waals surface area contributed by atoms with Gasteiger partial charge in [0.1, 0.15) is 0 Å². The third-order valence-electron chi connectivity index (χ3n) is 1.28. The molecule has 12 heavy (non-hydrogen) atoms. The average molecular weight is 177 g/mol. The van der Waals surface area contributed by atoms with E-state index < -0.39 is 6.16 Å². The van der Waals surface area contributed by atoms with E-state index in [-0.39, 0.29) is 0 Å². The second kappa shape index (κ2) is 12.9. The number of unbranched alkanes of at least 4 members (excludes halogenated alkanes) is 3. The molecule has 0 atom stereocenters. The van der Waals surface area contributed by atoms with Gasteiger partial charge in [-0.1, -0.05) is 26.2 Å². The van der Waals surface area contributed by atoms with Gasteiger partial charge in [-0.3, -0.25) is 0 Å². The molecule has 74 valence electrons. The molecule has 0 saturated heterocycles. The van der Waals surface area contributed by atoms with Crippen LogP contribution in [0.3, 0.4) is 0 Å².